The van der Waals surface area contributed by atoms with Gasteiger partial charge in [-0.05, 0) is 44.7 Å². The maximum Gasteiger partial charge on any atom is 0.0518 e. The molecule has 0 radical (unpaired) electrons. The Hall–Kier alpha value is -1.28. The predicted octanol–water partition coefficient (Wildman–Crippen LogP) is 3.09. The van der Waals surface area contributed by atoms with E-state index in [-0.39, 0.29) is 5.54 Å². The summed E-state index contributed by atoms with van der Waals surface area (Å²) in [6.45, 7) is 7.54. The van der Waals surface area contributed by atoms with Gasteiger partial charge in [0.05, 0.1) is 5.52 Å². The first-order valence-electron chi connectivity index (χ1n) is 6.40. The first-order valence-corrected chi connectivity index (χ1v) is 6.40. The molecule has 1 aromatic heterocycles. The van der Waals surface area contributed by atoms with Crippen LogP contribution in [0, 0.1) is 6.92 Å². The Kier molecular flexibility index (Phi) is 2.14. The van der Waals surface area contributed by atoms with E-state index in [0.29, 0.717) is 0 Å². The molecular weight excluding hydrogens is 208 g/mol. The fourth-order valence-electron chi connectivity index (χ4n) is 3.33. The minimum atomic E-state index is -0.267. The van der Waals surface area contributed by atoms with E-state index in [2.05, 4.69) is 43.5 Å². The van der Waals surface area contributed by atoms with E-state index in [1.807, 2.05) is 0 Å². The molecule has 17 heavy (non-hydrogen) atoms. The molecule has 2 aromatic rings. The Morgan fingerprint density at radius 1 is 1.29 bits per heavy atom. The number of hydrogen-bond acceptors (Lipinski definition) is 1. The lowest BCUT2D eigenvalue weighted by Gasteiger charge is -2.20. The number of benzene rings is 1. The molecule has 0 atom stereocenters. The van der Waals surface area contributed by atoms with Gasteiger partial charge in [-0.3, -0.25) is 0 Å². The highest BCUT2D eigenvalue weighted by Gasteiger charge is 2.26. The Bertz CT molecular complexity index is 585. The van der Waals surface area contributed by atoms with Gasteiger partial charge in [-0.1, -0.05) is 18.2 Å². The zero-order chi connectivity index (χ0) is 12.2. The fourth-order valence-corrected chi connectivity index (χ4v) is 3.33. The monoisotopic (exact) mass is 228 g/mol. The lowest BCUT2D eigenvalue weighted by Crippen LogP contribution is -2.29. The van der Waals surface area contributed by atoms with E-state index in [1.165, 1.54) is 40.6 Å². The van der Waals surface area contributed by atoms with Crippen LogP contribution in [-0.4, -0.2) is 4.57 Å². The Labute approximate surface area is 102 Å². The largest absolute Gasteiger partial charge is 0.344 e. The van der Waals surface area contributed by atoms with Gasteiger partial charge in [-0.25, -0.2) is 0 Å². The van der Waals surface area contributed by atoms with Gasteiger partial charge in [0.25, 0.3) is 0 Å². The van der Waals surface area contributed by atoms with E-state index in [1.54, 1.807) is 0 Å². The van der Waals surface area contributed by atoms with Crippen LogP contribution in [0.15, 0.2) is 18.2 Å². The molecule has 1 aliphatic heterocycles. The van der Waals surface area contributed by atoms with E-state index < -0.39 is 0 Å². The highest BCUT2D eigenvalue weighted by Crippen LogP contribution is 2.36. The van der Waals surface area contributed by atoms with Crippen LogP contribution in [0.1, 0.15) is 37.1 Å². The van der Waals surface area contributed by atoms with Crippen LogP contribution >= 0.6 is 0 Å². The number of para-hydroxylation sites is 1. The van der Waals surface area contributed by atoms with Crippen molar-refractivity contribution < 1.29 is 0 Å². The molecule has 90 valence electrons. The van der Waals surface area contributed by atoms with E-state index in [0.717, 1.165) is 6.54 Å². The lowest BCUT2D eigenvalue weighted by atomic mass is 9.92. The van der Waals surface area contributed by atoms with Crippen molar-refractivity contribution in [3.05, 3.63) is 35.0 Å². The van der Waals surface area contributed by atoms with Gasteiger partial charge in [0.15, 0.2) is 0 Å². The zero-order valence-corrected chi connectivity index (χ0v) is 10.9. The van der Waals surface area contributed by atoms with Crippen molar-refractivity contribution >= 4 is 10.9 Å². The maximum absolute atomic E-state index is 6.35. The van der Waals surface area contributed by atoms with Crippen LogP contribution in [-0.2, 0) is 18.5 Å². The SMILES string of the molecule is Cc1c(C(C)(C)N)c2cccc3c2n1CCC3. The number of hydrogen-bond donors (Lipinski definition) is 1. The average molecular weight is 228 g/mol. The van der Waals surface area contributed by atoms with E-state index >= 15 is 0 Å². The molecule has 2 N–H and O–H groups in total. The molecule has 1 aliphatic rings. The normalized spacial score (nSPS) is 15.5. The van der Waals surface area contributed by atoms with Crippen molar-refractivity contribution in [3.63, 3.8) is 0 Å². The van der Waals surface area contributed by atoms with Gasteiger partial charge < -0.3 is 10.3 Å². The summed E-state index contributed by atoms with van der Waals surface area (Å²) in [6.07, 6.45) is 2.44. The van der Waals surface area contributed by atoms with Crippen molar-refractivity contribution in [2.75, 3.05) is 0 Å². The molecule has 0 fully saturated rings. The molecule has 0 amide bonds. The number of rotatable bonds is 1. The van der Waals surface area contributed by atoms with E-state index in [4.69, 9.17) is 5.73 Å². The molecular formula is C15H20N2. The first-order chi connectivity index (χ1) is 8.00. The number of nitrogens with zero attached hydrogens (tertiary/aromatic N) is 1. The minimum Gasteiger partial charge on any atom is -0.344 e. The molecule has 2 nitrogen and oxygen atoms in total. The van der Waals surface area contributed by atoms with Crippen molar-refractivity contribution in [1.82, 2.24) is 4.57 Å². The Morgan fingerprint density at radius 3 is 2.76 bits per heavy atom. The quantitative estimate of drug-likeness (QED) is 0.799. The lowest BCUT2D eigenvalue weighted by molar-refractivity contribution is 0.545. The van der Waals surface area contributed by atoms with Crippen LogP contribution in [0.2, 0.25) is 0 Å². The summed E-state index contributed by atoms with van der Waals surface area (Å²) in [4.78, 5) is 0. The van der Waals surface area contributed by atoms with Gasteiger partial charge in [0.2, 0.25) is 0 Å². The molecule has 3 rings (SSSR count). The predicted molar refractivity (Wildman–Crippen MR) is 72.2 cm³/mol. The van der Waals surface area contributed by atoms with Crippen molar-refractivity contribution in [3.8, 4) is 0 Å². The van der Waals surface area contributed by atoms with Crippen molar-refractivity contribution in [2.24, 2.45) is 5.73 Å². The van der Waals surface area contributed by atoms with E-state index in [9.17, 15) is 0 Å². The minimum absolute atomic E-state index is 0.267. The average Bonchev–Trinajstić information content (AvgIpc) is 2.54. The number of aryl methyl sites for hydroxylation is 2. The topological polar surface area (TPSA) is 30.9 Å². The van der Waals surface area contributed by atoms with Crippen LogP contribution in [0.5, 0.6) is 0 Å². The van der Waals surface area contributed by atoms with Gasteiger partial charge in [0, 0.05) is 23.2 Å². The molecule has 0 saturated heterocycles. The summed E-state index contributed by atoms with van der Waals surface area (Å²) < 4.78 is 2.46. The third-order valence-electron chi connectivity index (χ3n) is 3.90. The van der Waals surface area contributed by atoms with Gasteiger partial charge in [-0.15, -0.1) is 0 Å². The van der Waals surface area contributed by atoms with Gasteiger partial charge in [-0.2, -0.15) is 0 Å². The second kappa shape index (κ2) is 3.36. The van der Waals surface area contributed by atoms with Crippen LogP contribution in [0.4, 0.5) is 0 Å². The highest BCUT2D eigenvalue weighted by atomic mass is 15.0. The summed E-state index contributed by atoms with van der Waals surface area (Å²) in [6, 6.07) is 6.64. The summed E-state index contributed by atoms with van der Waals surface area (Å²) in [7, 11) is 0. The molecule has 0 bridgehead atoms. The molecule has 0 spiro atoms. The Balaban J connectivity index is 2.46. The van der Waals surface area contributed by atoms with Crippen molar-refractivity contribution in [1.29, 1.82) is 0 Å². The summed E-state index contributed by atoms with van der Waals surface area (Å²) in [5, 5.41) is 1.35. The molecule has 2 heteroatoms. The standard InChI is InChI=1S/C15H20N2/c1-10-13(15(2,3)16)12-8-4-6-11-7-5-9-17(10)14(11)12/h4,6,8H,5,7,9,16H2,1-3H3. The molecule has 0 unspecified atom stereocenters. The molecule has 0 saturated carbocycles. The summed E-state index contributed by atoms with van der Waals surface area (Å²) >= 11 is 0. The third-order valence-corrected chi connectivity index (χ3v) is 3.90. The third kappa shape index (κ3) is 1.44. The first kappa shape index (κ1) is 10.8. The number of nitrogens with two attached hydrogens (primary N) is 1. The second-order valence-corrected chi connectivity index (χ2v) is 5.75. The van der Waals surface area contributed by atoms with Gasteiger partial charge in [0.1, 0.15) is 0 Å². The second-order valence-electron chi connectivity index (χ2n) is 5.75. The molecule has 1 aromatic carbocycles. The van der Waals surface area contributed by atoms with Crippen molar-refractivity contribution in [2.45, 2.75) is 45.7 Å². The van der Waals surface area contributed by atoms with Crippen LogP contribution < -0.4 is 5.73 Å². The summed E-state index contributed by atoms with van der Waals surface area (Å²) in [5.41, 5.74) is 11.6. The fraction of sp³-hybridized carbons (Fsp3) is 0.467. The van der Waals surface area contributed by atoms with Crippen LogP contribution in [0.25, 0.3) is 10.9 Å². The molecule has 0 aliphatic carbocycles. The maximum atomic E-state index is 6.35. The number of aromatic nitrogens is 1. The smallest absolute Gasteiger partial charge is 0.0518 e. The zero-order valence-electron chi connectivity index (χ0n) is 10.9. The van der Waals surface area contributed by atoms with Crippen LogP contribution in [0.3, 0.4) is 0 Å². The summed E-state index contributed by atoms with van der Waals surface area (Å²) in [5.74, 6) is 0. The Morgan fingerprint density at radius 2 is 2.06 bits per heavy atom. The molecule has 2 heterocycles. The highest BCUT2D eigenvalue weighted by molar-refractivity contribution is 5.89. The van der Waals surface area contributed by atoms with Gasteiger partial charge >= 0.3 is 0 Å².